The first kappa shape index (κ1) is 20.2. The van der Waals surface area contributed by atoms with E-state index in [1.54, 1.807) is 6.08 Å². The van der Waals surface area contributed by atoms with E-state index >= 15 is 0 Å². The summed E-state index contributed by atoms with van der Waals surface area (Å²) in [6.07, 6.45) is 2.14. The molecule has 2 N–H and O–H groups in total. The number of carboxylic acids is 1. The van der Waals surface area contributed by atoms with Crippen molar-refractivity contribution < 1.29 is 15.0 Å². The van der Waals surface area contributed by atoms with Crippen molar-refractivity contribution in [1.82, 2.24) is 4.57 Å². The first-order valence-corrected chi connectivity index (χ1v) is 9.87. The van der Waals surface area contributed by atoms with Crippen molar-refractivity contribution in [1.29, 1.82) is 0 Å². The van der Waals surface area contributed by atoms with Crippen LogP contribution in [0.4, 0.5) is 0 Å². The molecule has 25 heavy (non-hydrogen) atoms. The summed E-state index contributed by atoms with van der Waals surface area (Å²) >= 11 is 14.0. The van der Waals surface area contributed by atoms with E-state index in [1.165, 1.54) is 27.7 Å². The highest BCUT2D eigenvalue weighted by Gasteiger charge is 2.22. The van der Waals surface area contributed by atoms with E-state index < -0.39 is 5.97 Å². The van der Waals surface area contributed by atoms with Gasteiger partial charge in [-0.15, -0.1) is 11.3 Å². The monoisotopic (exact) mass is 419 g/mol. The molecule has 0 aromatic carbocycles. The summed E-state index contributed by atoms with van der Waals surface area (Å²) in [5, 5.41) is 20.0. The molecule has 6 nitrogen and oxygen atoms in total. The van der Waals surface area contributed by atoms with Gasteiger partial charge in [-0.25, -0.2) is 4.99 Å². The van der Waals surface area contributed by atoms with Crippen LogP contribution in [-0.4, -0.2) is 36.6 Å². The molecular weight excluding hydrogens is 402 g/mol. The van der Waals surface area contributed by atoms with Gasteiger partial charge in [0.05, 0.1) is 15.3 Å². The van der Waals surface area contributed by atoms with Crippen LogP contribution in [0.15, 0.2) is 14.9 Å². The molecule has 0 radical (unpaired) electrons. The Morgan fingerprint density at radius 3 is 2.76 bits per heavy atom. The van der Waals surface area contributed by atoms with Crippen molar-refractivity contribution in [3.63, 3.8) is 0 Å². The highest BCUT2D eigenvalue weighted by molar-refractivity contribution is 8.18. The Labute approximate surface area is 164 Å². The van der Waals surface area contributed by atoms with Crippen LogP contribution in [0.5, 0.6) is 5.88 Å². The quantitative estimate of drug-likeness (QED) is 0.673. The number of hydrogen-bond acceptors (Lipinski definition) is 6. The molecule has 1 aliphatic heterocycles. The summed E-state index contributed by atoms with van der Waals surface area (Å²) in [6.45, 7) is 6.27. The van der Waals surface area contributed by atoms with Gasteiger partial charge < -0.3 is 10.2 Å². The standard InChI is InChI=1S/C15H18ClN3O3S3/c1-15(2,3)18-13-17-11(16)8(24-13)7-9-12(22)19(14(23)25-9)6-4-5-10(20)21/h7,22H,4-6H2,1-3H3,(H,20,21)/b8-7-,18-13?. The van der Waals surface area contributed by atoms with E-state index in [9.17, 15) is 9.90 Å². The fourth-order valence-corrected chi connectivity index (χ4v) is 4.58. The van der Waals surface area contributed by atoms with Gasteiger partial charge >= 0.3 is 5.97 Å². The average molecular weight is 420 g/mol. The predicted molar refractivity (Wildman–Crippen MR) is 108 cm³/mol. The molecule has 136 valence electrons. The average Bonchev–Trinajstić information content (AvgIpc) is 2.91. The number of hydrogen-bond donors (Lipinski definition) is 2. The Morgan fingerprint density at radius 2 is 2.16 bits per heavy atom. The van der Waals surface area contributed by atoms with E-state index in [0.717, 1.165) is 0 Å². The predicted octanol–water partition coefficient (Wildman–Crippen LogP) is 4.73. The maximum atomic E-state index is 10.6. The summed E-state index contributed by atoms with van der Waals surface area (Å²) in [6, 6.07) is 0. The number of aromatic hydroxyl groups is 1. The molecule has 10 heteroatoms. The number of carbonyl (C=O) groups is 1. The minimum Gasteiger partial charge on any atom is -0.493 e. The summed E-state index contributed by atoms with van der Waals surface area (Å²) in [5.41, 5.74) is -0.259. The van der Waals surface area contributed by atoms with Gasteiger partial charge in [-0.3, -0.25) is 14.4 Å². The first-order chi connectivity index (χ1) is 11.6. The maximum Gasteiger partial charge on any atom is 0.303 e. The number of thioether (sulfide) groups is 1. The molecule has 1 aliphatic rings. The van der Waals surface area contributed by atoms with Crippen LogP contribution in [0.2, 0.25) is 0 Å². The number of rotatable bonds is 5. The minimum atomic E-state index is -0.875. The number of amidine groups is 1. The maximum absolute atomic E-state index is 10.6. The molecular formula is C15H18ClN3O3S3. The van der Waals surface area contributed by atoms with Crippen LogP contribution in [0.25, 0.3) is 6.08 Å². The number of aliphatic imine (C=N–C) groups is 2. The Hall–Kier alpha value is -1.16. The molecule has 0 atom stereocenters. The molecule has 0 amide bonds. The molecule has 0 unspecified atom stereocenters. The van der Waals surface area contributed by atoms with Crippen molar-refractivity contribution in [3.8, 4) is 5.88 Å². The van der Waals surface area contributed by atoms with E-state index in [4.69, 9.17) is 28.9 Å². The van der Waals surface area contributed by atoms with Crippen molar-refractivity contribution in [2.45, 2.75) is 45.7 Å². The third-order valence-corrected chi connectivity index (χ3v) is 5.64. The highest BCUT2D eigenvalue weighted by atomic mass is 35.5. The summed E-state index contributed by atoms with van der Waals surface area (Å²) in [5.74, 6) is -0.862. The minimum absolute atomic E-state index is 0.0131. The third kappa shape index (κ3) is 5.67. The molecule has 1 aromatic rings. The summed E-state index contributed by atoms with van der Waals surface area (Å²) in [7, 11) is 0. The fourth-order valence-electron chi connectivity index (χ4n) is 1.94. The van der Waals surface area contributed by atoms with Gasteiger partial charge in [0.15, 0.2) is 9.12 Å². The molecule has 0 saturated carbocycles. The SMILES string of the molecule is CC(C)(C)N=C1N=C(Cl)/C(=C/c2sc(=S)n(CCCC(=O)O)c2O)S1. The van der Waals surface area contributed by atoms with Gasteiger partial charge in [-0.1, -0.05) is 11.6 Å². The Morgan fingerprint density at radius 1 is 1.48 bits per heavy atom. The van der Waals surface area contributed by atoms with Gasteiger partial charge in [0.25, 0.3) is 0 Å². The van der Waals surface area contributed by atoms with Crippen molar-refractivity contribution >= 4 is 69.3 Å². The third-order valence-electron chi connectivity index (χ3n) is 2.96. The van der Waals surface area contributed by atoms with E-state index in [2.05, 4.69) is 9.98 Å². The van der Waals surface area contributed by atoms with Gasteiger partial charge in [-0.2, -0.15) is 0 Å². The molecule has 0 fully saturated rings. The van der Waals surface area contributed by atoms with Crippen LogP contribution >= 0.6 is 46.9 Å². The Bertz CT molecular complexity index is 831. The molecule has 0 saturated heterocycles. The number of carboxylic acid groups (broad SMARTS) is 1. The van der Waals surface area contributed by atoms with Crippen LogP contribution in [0, 0.1) is 3.95 Å². The van der Waals surface area contributed by atoms with Crippen LogP contribution < -0.4 is 0 Å². The summed E-state index contributed by atoms with van der Waals surface area (Å²) in [4.78, 5) is 20.6. The molecule has 2 heterocycles. The van der Waals surface area contributed by atoms with Gasteiger partial charge in [0.1, 0.15) is 5.17 Å². The fraction of sp³-hybridized carbons (Fsp3) is 0.467. The number of halogens is 1. The van der Waals surface area contributed by atoms with Gasteiger partial charge in [0, 0.05) is 13.0 Å². The van der Waals surface area contributed by atoms with E-state index in [0.29, 0.717) is 37.0 Å². The normalized spacial score (nSPS) is 18.2. The number of allylic oxidation sites excluding steroid dienone is 1. The largest absolute Gasteiger partial charge is 0.493 e. The molecule has 0 bridgehead atoms. The molecule has 2 rings (SSSR count). The lowest BCUT2D eigenvalue weighted by atomic mass is 10.1. The smallest absolute Gasteiger partial charge is 0.303 e. The zero-order valence-corrected chi connectivity index (χ0v) is 17.2. The number of nitrogens with zero attached hydrogens (tertiary/aromatic N) is 3. The van der Waals surface area contributed by atoms with Crippen LogP contribution in [-0.2, 0) is 11.3 Å². The lowest BCUT2D eigenvalue weighted by Crippen LogP contribution is -2.11. The van der Waals surface area contributed by atoms with Crippen molar-refractivity contribution in [3.05, 3.63) is 13.7 Å². The van der Waals surface area contributed by atoms with Crippen LogP contribution in [0.1, 0.15) is 38.5 Å². The summed E-state index contributed by atoms with van der Waals surface area (Å²) < 4.78 is 2.01. The molecule has 0 aliphatic carbocycles. The second-order valence-corrected chi connectivity index (χ2v) is 9.33. The lowest BCUT2D eigenvalue weighted by molar-refractivity contribution is -0.137. The Balaban J connectivity index is 2.22. The lowest BCUT2D eigenvalue weighted by Gasteiger charge is -2.11. The Kier molecular flexibility index (Phi) is 6.47. The van der Waals surface area contributed by atoms with E-state index in [-0.39, 0.29) is 17.8 Å². The first-order valence-electron chi connectivity index (χ1n) is 7.45. The van der Waals surface area contributed by atoms with Crippen LogP contribution in [0.3, 0.4) is 0 Å². The second-order valence-electron chi connectivity index (χ2n) is 6.28. The topological polar surface area (TPSA) is 87.2 Å². The molecule has 0 spiro atoms. The van der Waals surface area contributed by atoms with Crippen molar-refractivity contribution in [2.75, 3.05) is 0 Å². The number of aromatic nitrogens is 1. The molecule has 1 aromatic heterocycles. The zero-order chi connectivity index (χ0) is 18.8. The van der Waals surface area contributed by atoms with E-state index in [1.807, 2.05) is 20.8 Å². The zero-order valence-electron chi connectivity index (χ0n) is 13.9. The second kappa shape index (κ2) is 8.03. The number of aliphatic carboxylic acids is 1. The van der Waals surface area contributed by atoms with Gasteiger partial charge in [0.2, 0.25) is 5.88 Å². The van der Waals surface area contributed by atoms with Crippen molar-refractivity contribution in [2.24, 2.45) is 9.98 Å². The van der Waals surface area contributed by atoms with Gasteiger partial charge in [-0.05, 0) is 57.2 Å². The highest BCUT2D eigenvalue weighted by Crippen LogP contribution is 2.36. The number of thiazole rings is 1.